The van der Waals surface area contributed by atoms with Crippen LogP contribution in [0, 0.1) is 0 Å². The number of benzene rings is 1. The first-order valence-corrected chi connectivity index (χ1v) is 8.51. The Kier molecular flexibility index (Phi) is 5.50. The number of aromatic nitrogens is 3. The van der Waals surface area contributed by atoms with Crippen molar-refractivity contribution < 1.29 is 9.53 Å². The molecule has 0 radical (unpaired) electrons. The van der Waals surface area contributed by atoms with Crippen molar-refractivity contribution in [3.63, 3.8) is 0 Å². The lowest BCUT2D eigenvalue weighted by atomic mass is 10.1. The molecule has 1 aromatic carbocycles. The molecule has 3 aromatic rings. The molecule has 1 amide bonds. The molecule has 132 valence electrons. The van der Waals surface area contributed by atoms with E-state index in [-0.39, 0.29) is 5.91 Å². The largest absolute Gasteiger partial charge is 0.383 e. The standard InChI is InChI=1S/C19H24N4O2/c1-22-14-16(12-20-22)21-19(24)9-5-6-15-13-23(10-11-25-2)18-8-4-3-7-17(15)18/h3-4,7-8,12-14H,5-6,9-11H2,1-2H3,(H,21,24). The number of methoxy groups -OCH3 is 1. The van der Waals surface area contributed by atoms with Crippen LogP contribution < -0.4 is 5.32 Å². The van der Waals surface area contributed by atoms with Crippen molar-refractivity contribution in [3.05, 3.63) is 48.4 Å². The number of hydrogen-bond acceptors (Lipinski definition) is 3. The van der Waals surface area contributed by atoms with Gasteiger partial charge in [-0.15, -0.1) is 0 Å². The molecular weight excluding hydrogens is 316 g/mol. The summed E-state index contributed by atoms with van der Waals surface area (Å²) in [4.78, 5) is 12.1. The zero-order chi connectivity index (χ0) is 17.6. The van der Waals surface area contributed by atoms with Gasteiger partial charge in [0.05, 0.1) is 18.5 Å². The number of para-hydroxylation sites is 1. The number of ether oxygens (including phenoxy) is 1. The second kappa shape index (κ2) is 7.98. The van der Waals surface area contributed by atoms with E-state index in [1.54, 1.807) is 24.2 Å². The van der Waals surface area contributed by atoms with Crippen LogP contribution in [0.5, 0.6) is 0 Å². The Bertz CT molecular complexity index is 850. The molecule has 25 heavy (non-hydrogen) atoms. The van der Waals surface area contributed by atoms with Gasteiger partial charge in [-0.25, -0.2) is 0 Å². The van der Waals surface area contributed by atoms with Crippen molar-refractivity contribution in [1.29, 1.82) is 0 Å². The predicted octanol–water partition coefficient (Wildman–Crippen LogP) is 2.98. The van der Waals surface area contributed by atoms with Gasteiger partial charge in [-0.1, -0.05) is 18.2 Å². The summed E-state index contributed by atoms with van der Waals surface area (Å²) in [6.45, 7) is 1.52. The van der Waals surface area contributed by atoms with Gasteiger partial charge in [0.25, 0.3) is 0 Å². The second-order valence-electron chi connectivity index (χ2n) is 6.16. The summed E-state index contributed by atoms with van der Waals surface area (Å²) >= 11 is 0. The number of carbonyl (C=O) groups is 1. The zero-order valence-electron chi connectivity index (χ0n) is 14.7. The quantitative estimate of drug-likeness (QED) is 0.686. The van der Waals surface area contributed by atoms with Crippen molar-refractivity contribution in [2.24, 2.45) is 7.05 Å². The van der Waals surface area contributed by atoms with E-state index in [0.717, 1.165) is 25.1 Å². The van der Waals surface area contributed by atoms with Crippen molar-refractivity contribution in [3.8, 4) is 0 Å². The fraction of sp³-hybridized carbons (Fsp3) is 0.368. The smallest absolute Gasteiger partial charge is 0.224 e. The molecule has 2 heterocycles. The van der Waals surface area contributed by atoms with E-state index in [9.17, 15) is 4.79 Å². The fourth-order valence-electron chi connectivity index (χ4n) is 3.05. The third-order valence-corrected chi connectivity index (χ3v) is 4.25. The lowest BCUT2D eigenvalue weighted by Gasteiger charge is -2.03. The van der Waals surface area contributed by atoms with E-state index >= 15 is 0 Å². The van der Waals surface area contributed by atoms with Crippen molar-refractivity contribution >= 4 is 22.5 Å². The molecule has 0 fully saturated rings. The molecule has 6 nitrogen and oxygen atoms in total. The maximum absolute atomic E-state index is 12.1. The van der Waals surface area contributed by atoms with Crippen molar-refractivity contribution in [1.82, 2.24) is 14.3 Å². The van der Waals surface area contributed by atoms with Gasteiger partial charge < -0.3 is 14.6 Å². The van der Waals surface area contributed by atoms with Crippen LogP contribution in [-0.4, -0.2) is 34.0 Å². The molecule has 0 aliphatic rings. The lowest BCUT2D eigenvalue weighted by molar-refractivity contribution is -0.116. The average Bonchev–Trinajstić information content (AvgIpc) is 3.17. The Morgan fingerprint density at radius 2 is 2.12 bits per heavy atom. The van der Waals surface area contributed by atoms with Crippen LogP contribution >= 0.6 is 0 Å². The van der Waals surface area contributed by atoms with Gasteiger partial charge in [0, 0.05) is 50.4 Å². The highest BCUT2D eigenvalue weighted by Crippen LogP contribution is 2.23. The SMILES string of the molecule is COCCn1cc(CCCC(=O)Nc2cnn(C)c2)c2ccccc21. The Hall–Kier alpha value is -2.60. The lowest BCUT2D eigenvalue weighted by Crippen LogP contribution is -2.11. The van der Waals surface area contributed by atoms with Crippen LogP contribution in [0.2, 0.25) is 0 Å². The van der Waals surface area contributed by atoms with Gasteiger partial charge in [-0.05, 0) is 24.5 Å². The first kappa shape index (κ1) is 17.2. The highest BCUT2D eigenvalue weighted by atomic mass is 16.5. The van der Waals surface area contributed by atoms with E-state index in [2.05, 4.69) is 45.4 Å². The normalized spacial score (nSPS) is 11.1. The number of anilines is 1. The molecule has 0 aliphatic heterocycles. The number of hydrogen-bond donors (Lipinski definition) is 1. The van der Waals surface area contributed by atoms with Crippen LogP contribution in [-0.2, 0) is 29.5 Å². The summed E-state index contributed by atoms with van der Waals surface area (Å²) in [6.07, 6.45) is 7.81. The molecule has 0 aliphatic carbocycles. The number of carbonyl (C=O) groups excluding carboxylic acids is 1. The number of rotatable bonds is 8. The average molecular weight is 340 g/mol. The number of aryl methyl sites for hydroxylation is 2. The molecule has 0 spiro atoms. The summed E-state index contributed by atoms with van der Waals surface area (Å²) in [7, 11) is 3.54. The third-order valence-electron chi connectivity index (χ3n) is 4.25. The minimum absolute atomic E-state index is 0.0242. The molecule has 0 saturated heterocycles. The molecule has 2 aromatic heterocycles. The van der Waals surface area contributed by atoms with Crippen LogP contribution in [0.15, 0.2) is 42.9 Å². The first-order chi connectivity index (χ1) is 12.2. The van der Waals surface area contributed by atoms with Crippen molar-refractivity contribution in [2.45, 2.75) is 25.8 Å². The molecule has 3 rings (SSSR count). The summed E-state index contributed by atoms with van der Waals surface area (Å²) in [6, 6.07) is 8.38. The summed E-state index contributed by atoms with van der Waals surface area (Å²) in [5.74, 6) is 0.0242. The Morgan fingerprint density at radius 1 is 1.28 bits per heavy atom. The van der Waals surface area contributed by atoms with Crippen LogP contribution in [0.1, 0.15) is 18.4 Å². The molecule has 0 unspecified atom stereocenters. The number of nitrogens with one attached hydrogen (secondary N) is 1. The topological polar surface area (TPSA) is 61.1 Å². The summed E-state index contributed by atoms with van der Waals surface area (Å²) in [5, 5.41) is 8.18. The maximum Gasteiger partial charge on any atom is 0.224 e. The summed E-state index contributed by atoms with van der Waals surface area (Å²) < 4.78 is 9.09. The molecule has 0 saturated carbocycles. The Balaban J connectivity index is 1.60. The zero-order valence-corrected chi connectivity index (χ0v) is 14.7. The van der Waals surface area contributed by atoms with Gasteiger partial charge in [0.1, 0.15) is 0 Å². The van der Waals surface area contributed by atoms with E-state index in [1.165, 1.54) is 16.5 Å². The van der Waals surface area contributed by atoms with Gasteiger partial charge in [0.15, 0.2) is 0 Å². The van der Waals surface area contributed by atoms with Gasteiger partial charge in [-0.2, -0.15) is 5.10 Å². The Labute approximate surface area is 147 Å². The van der Waals surface area contributed by atoms with E-state index in [1.807, 2.05) is 7.05 Å². The maximum atomic E-state index is 12.1. The number of nitrogens with zero attached hydrogens (tertiary/aromatic N) is 3. The Morgan fingerprint density at radius 3 is 2.88 bits per heavy atom. The van der Waals surface area contributed by atoms with Crippen LogP contribution in [0.25, 0.3) is 10.9 Å². The third kappa shape index (κ3) is 4.28. The molecule has 6 heteroatoms. The minimum Gasteiger partial charge on any atom is -0.383 e. The molecule has 0 atom stereocenters. The highest BCUT2D eigenvalue weighted by molar-refractivity contribution is 5.90. The van der Waals surface area contributed by atoms with E-state index in [4.69, 9.17) is 4.74 Å². The summed E-state index contributed by atoms with van der Waals surface area (Å²) in [5.41, 5.74) is 3.24. The predicted molar refractivity (Wildman–Crippen MR) is 98.6 cm³/mol. The van der Waals surface area contributed by atoms with Gasteiger partial charge >= 0.3 is 0 Å². The van der Waals surface area contributed by atoms with E-state index < -0.39 is 0 Å². The van der Waals surface area contributed by atoms with Gasteiger partial charge in [0.2, 0.25) is 5.91 Å². The fourth-order valence-corrected chi connectivity index (χ4v) is 3.05. The first-order valence-electron chi connectivity index (χ1n) is 8.51. The number of amides is 1. The monoisotopic (exact) mass is 340 g/mol. The highest BCUT2D eigenvalue weighted by Gasteiger charge is 2.09. The van der Waals surface area contributed by atoms with Crippen LogP contribution in [0.4, 0.5) is 5.69 Å². The second-order valence-corrected chi connectivity index (χ2v) is 6.16. The molecule has 1 N–H and O–H groups in total. The molecular formula is C19H24N4O2. The van der Waals surface area contributed by atoms with Gasteiger partial charge in [-0.3, -0.25) is 9.48 Å². The minimum atomic E-state index is 0.0242. The van der Waals surface area contributed by atoms with E-state index in [0.29, 0.717) is 13.0 Å². The van der Waals surface area contributed by atoms with Crippen LogP contribution in [0.3, 0.4) is 0 Å². The number of fused-ring (bicyclic) bond motifs is 1. The molecule has 0 bridgehead atoms. The van der Waals surface area contributed by atoms with Crippen molar-refractivity contribution in [2.75, 3.05) is 19.0 Å².